The lowest BCUT2D eigenvalue weighted by atomic mass is 10.3. The van der Waals surface area contributed by atoms with E-state index in [1.54, 1.807) is 6.92 Å². The fraction of sp³-hybridized carbons (Fsp3) is 0.545. The Hall–Kier alpha value is -1.69. The van der Waals surface area contributed by atoms with E-state index in [0.717, 1.165) is 0 Å². The second kappa shape index (κ2) is 6.15. The molecule has 1 heterocycles. The zero-order valence-corrected chi connectivity index (χ0v) is 10.3. The number of carbonyl (C=O) groups is 1. The molecule has 1 aromatic heterocycles. The van der Waals surface area contributed by atoms with E-state index >= 15 is 0 Å². The van der Waals surface area contributed by atoms with E-state index in [0.29, 0.717) is 18.8 Å². The average molecular weight is 239 g/mol. The van der Waals surface area contributed by atoms with E-state index in [2.05, 4.69) is 14.7 Å². The van der Waals surface area contributed by atoms with Crippen LogP contribution in [-0.4, -0.2) is 47.8 Å². The highest BCUT2D eigenvalue weighted by molar-refractivity contribution is 5.86. The van der Waals surface area contributed by atoms with E-state index in [9.17, 15) is 9.90 Å². The zero-order valence-electron chi connectivity index (χ0n) is 10.3. The molecule has 1 rings (SSSR count). The third-order valence-corrected chi connectivity index (χ3v) is 2.31. The summed E-state index contributed by atoms with van der Waals surface area (Å²) in [5, 5.41) is 9.17. The smallest absolute Gasteiger partial charge is 0.358 e. The van der Waals surface area contributed by atoms with Crippen molar-refractivity contribution in [2.45, 2.75) is 19.4 Å². The quantitative estimate of drug-likeness (QED) is 0.753. The average Bonchev–Trinajstić information content (AvgIpc) is 2.35. The molecule has 1 aromatic rings. The van der Waals surface area contributed by atoms with Crippen molar-refractivity contribution >= 4 is 11.8 Å². The topological polar surface area (TPSA) is 75.5 Å². The van der Waals surface area contributed by atoms with Crippen LogP contribution < -0.4 is 4.90 Å². The van der Waals surface area contributed by atoms with Gasteiger partial charge in [0.1, 0.15) is 5.82 Å². The van der Waals surface area contributed by atoms with Crippen LogP contribution in [0.1, 0.15) is 23.8 Å². The first-order valence-corrected chi connectivity index (χ1v) is 5.34. The number of nitrogens with zero attached hydrogens (tertiary/aromatic N) is 3. The Kier molecular flexibility index (Phi) is 4.84. The van der Waals surface area contributed by atoms with Crippen LogP contribution in [0.3, 0.4) is 0 Å². The van der Waals surface area contributed by atoms with Gasteiger partial charge >= 0.3 is 5.97 Å². The van der Waals surface area contributed by atoms with Gasteiger partial charge in [0.2, 0.25) is 0 Å². The summed E-state index contributed by atoms with van der Waals surface area (Å²) in [4.78, 5) is 21.1. The van der Waals surface area contributed by atoms with Crippen molar-refractivity contribution in [3.63, 3.8) is 0 Å². The van der Waals surface area contributed by atoms with E-state index in [1.165, 1.54) is 19.5 Å². The molecule has 0 aliphatic rings. The van der Waals surface area contributed by atoms with Gasteiger partial charge in [-0.05, 0) is 13.3 Å². The van der Waals surface area contributed by atoms with Crippen molar-refractivity contribution in [3.05, 3.63) is 18.1 Å². The monoisotopic (exact) mass is 239 g/mol. The van der Waals surface area contributed by atoms with E-state index < -0.39 is 5.97 Å². The molecule has 0 aliphatic heterocycles. The van der Waals surface area contributed by atoms with Gasteiger partial charge in [0.25, 0.3) is 0 Å². The summed E-state index contributed by atoms with van der Waals surface area (Å²) in [6.07, 6.45) is 3.19. The van der Waals surface area contributed by atoms with Crippen molar-refractivity contribution in [3.8, 4) is 0 Å². The highest BCUT2D eigenvalue weighted by Gasteiger charge is 2.09. The van der Waals surface area contributed by atoms with Gasteiger partial charge in [-0.1, -0.05) is 0 Å². The maximum Gasteiger partial charge on any atom is 0.358 e. The largest absolute Gasteiger partial charge is 0.464 e. The fourth-order valence-corrected chi connectivity index (χ4v) is 1.22. The number of methoxy groups -OCH3 is 1. The zero-order chi connectivity index (χ0) is 12.8. The standard InChI is InChI=1S/C11H17N3O3/c1-8(15)4-5-14(2)10-7-12-9(6-13-10)11(16)17-3/h6-8,15H,4-5H2,1-3H3. The van der Waals surface area contributed by atoms with Crippen LogP contribution in [0.2, 0.25) is 0 Å². The van der Waals surface area contributed by atoms with E-state index in [-0.39, 0.29) is 11.8 Å². The van der Waals surface area contributed by atoms with Crippen LogP contribution in [-0.2, 0) is 4.74 Å². The predicted octanol–water partition coefficient (Wildman–Crippen LogP) is 0.470. The minimum absolute atomic E-state index is 0.181. The van der Waals surface area contributed by atoms with E-state index in [1.807, 2.05) is 11.9 Å². The fourth-order valence-electron chi connectivity index (χ4n) is 1.22. The van der Waals surface area contributed by atoms with Gasteiger partial charge in [0.15, 0.2) is 5.69 Å². The van der Waals surface area contributed by atoms with E-state index in [4.69, 9.17) is 0 Å². The third-order valence-electron chi connectivity index (χ3n) is 2.31. The number of carbonyl (C=O) groups excluding carboxylic acids is 1. The molecular weight excluding hydrogens is 222 g/mol. The van der Waals surface area contributed by atoms with Crippen molar-refractivity contribution < 1.29 is 14.6 Å². The maximum atomic E-state index is 11.1. The molecule has 1 atom stereocenters. The molecule has 0 bridgehead atoms. The number of hydrogen-bond acceptors (Lipinski definition) is 6. The molecule has 0 radical (unpaired) electrons. The van der Waals surface area contributed by atoms with Crippen LogP contribution in [0.15, 0.2) is 12.4 Å². The highest BCUT2D eigenvalue weighted by atomic mass is 16.5. The molecule has 94 valence electrons. The lowest BCUT2D eigenvalue weighted by molar-refractivity contribution is 0.0593. The lowest BCUT2D eigenvalue weighted by Gasteiger charge is -2.18. The van der Waals surface area contributed by atoms with Gasteiger partial charge < -0.3 is 14.7 Å². The second-order valence-corrected chi connectivity index (χ2v) is 3.81. The first kappa shape index (κ1) is 13.4. The van der Waals surface area contributed by atoms with Gasteiger partial charge in [-0.3, -0.25) is 0 Å². The second-order valence-electron chi connectivity index (χ2n) is 3.81. The molecule has 0 amide bonds. The minimum atomic E-state index is -0.504. The first-order chi connectivity index (χ1) is 8.04. The molecule has 0 fully saturated rings. The predicted molar refractivity (Wildman–Crippen MR) is 62.9 cm³/mol. The van der Waals surface area contributed by atoms with Crippen LogP contribution in [0, 0.1) is 0 Å². The Morgan fingerprint density at radius 1 is 1.53 bits per heavy atom. The number of hydrogen-bond donors (Lipinski definition) is 1. The normalized spacial score (nSPS) is 12.0. The number of aliphatic hydroxyl groups excluding tert-OH is 1. The molecule has 0 saturated carbocycles. The Labute approximate surface area is 100 Å². The molecule has 0 saturated heterocycles. The minimum Gasteiger partial charge on any atom is -0.464 e. The Balaban J connectivity index is 2.63. The number of anilines is 1. The summed E-state index contributed by atoms with van der Waals surface area (Å²) in [6.45, 7) is 2.41. The summed E-state index contributed by atoms with van der Waals surface area (Å²) in [5.74, 6) is 0.147. The SMILES string of the molecule is COC(=O)c1cnc(N(C)CCC(C)O)cn1. The van der Waals surface area contributed by atoms with Gasteiger partial charge in [0.05, 0.1) is 25.6 Å². The van der Waals surface area contributed by atoms with Gasteiger partial charge in [-0.25, -0.2) is 14.8 Å². The van der Waals surface area contributed by atoms with Gasteiger partial charge in [-0.15, -0.1) is 0 Å². The number of rotatable bonds is 5. The highest BCUT2D eigenvalue weighted by Crippen LogP contribution is 2.08. The van der Waals surface area contributed by atoms with Gasteiger partial charge in [0, 0.05) is 13.6 Å². The van der Waals surface area contributed by atoms with Crippen molar-refractivity contribution in [1.29, 1.82) is 0 Å². The molecule has 1 N–H and O–H groups in total. The summed E-state index contributed by atoms with van der Waals surface area (Å²) in [5.41, 5.74) is 0.181. The Bertz CT molecular complexity index is 365. The number of aliphatic hydroxyl groups is 1. The summed E-state index contributed by atoms with van der Waals surface area (Å²) < 4.78 is 4.53. The third kappa shape index (κ3) is 3.99. The molecule has 6 heteroatoms. The Morgan fingerprint density at radius 3 is 2.71 bits per heavy atom. The number of ether oxygens (including phenoxy) is 1. The summed E-state index contributed by atoms with van der Waals surface area (Å²) in [7, 11) is 3.15. The first-order valence-electron chi connectivity index (χ1n) is 5.34. The van der Waals surface area contributed by atoms with Crippen LogP contribution in [0.25, 0.3) is 0 Å². The molecule has 0 spiro atoms. The summed E-state index contributed by atoms with van der Waals surface area (Å²) >= 11 is 0. The summed E-state index contributed by atoms with van der Waals surface area (Å²) in [6, 6.07) is 0. The maximum absolute atomic E-state index is 11.1. The van der Waals surface area contributed by atoms with Crippen LogP contribution in [0.4, 0.5) is 5.82 Å². The van der Waals surface area contributed by atoms with Crippen molar-refractivity contribution in [2.24, 2.45) is 0 Å². The van der Waals surface area contributed by atoms with Crippen molar-refractivity contribution in [2.75, 3.05) is 25.6 Å². The van der Waals surface area contributed by atoms with Gasteiger partial charge in [-0.2, -0.15) is 0 Å². The molecular formula is C11H17N3O3. The molecule has 0 aromatic carbocycles. The molecule has 6 nitrogen and oxygen atoms in total. The number of aromatic nitrogens is 2. The van der Waals surface area contributed by atoms with Crippen molar-refractivity contribution in [1.82, 2.24) is 9.97 Å². The molecule has 0 aliphatic carbocycles. The van der Waals surface area contributed by atoms with Crippen LogP contribution in [0.5, 0.6) is 0 Å². The molecule has 1 unspecified atom stereocenters. The number of esters is 1. The van der Waals surface area contributed by atoms with Crippen LogP contribution >= 0.6 is 0 Å². The molecule has 17 heavy (non-hydrogen) atoms. The Morgan fingerprint density at radius 2 is 2.24 bits per heavy atom. The lowest BCUT2D eigenvalue weighted by Crippen LogP contribution is -2.23.